The Bertz CT molecular complexity index is 665. The Balaban J connectivity index is 1.35. The predicted octanol–water partition coefficient (Wildman–Crippen LogP) is 3.45. The Morgan fingerprint density at radius 1 is 1.00 bits per heavy atom. The second-order valence-corrected chi connectivity index (χ2v) is 7.31. The van der Waals surface area contributed by atoms with Gasteiger partial charge in [-0.3, -0.25) is 4.90 Å². The quantitative estimate of drug-likeness (QED) is 0.912. The van der Waals surface area contributed by atoms with Crippen molar-refractivity contribution in [3.63, 3.8) is 0 Å². The molecular formula is C21H26N2O. The molecular weight excluding hydrogens is 296 g/mol. The third kappa shape index (κ3) is 3.63. The average molecular weight is 322 g/mol. The van der Waals surface area contributed by atoms with Gasteiger partial charge in [0.15, 0.2) is 0 Å². The number of benzene rings is 2. The highest BCUT2D eigenvalue weighted by Gasteiger charge is 2.39. The van der Waals surface area contributed by atoms with Crippen LogP contribution in [0.4, 0.5) is 0 Å². The van der Waals surface area contributed by atoms with Crippen molar-refractivity contribution in [1.29, 1.82) is 0 Å². The van der Waals surface area contributed by atoms with Gasteiger partial charge in [-0.1, -0.05) is 42.5 Å². The first-order valence-electron chi connectivity index (χ1n) is 9.00. The molecule has 1 unspecified atom stereocenters. The molecule has 2 aliphatic rings. The summed E-state index contributed by atoms with van der Waals surface area (Å²) >= 11 is 0. The highest BCUT2D eigenvalue weighted by atomic mass is 16.5. The number of hydrogen-bond acceptors (Lipinski definition) is 3. The van der Waals surface area contributed by atoms with E-state index in [0.717, 1.165) is 12.3 Å². The smallest absolute Gasteiger partial charge is 0.120 e. The molecule has 0 bridgehead atoms. The zero-order valence-electron chi connectivity index (χ0n) is 14.2. The zero-order valence-corrected chi connectivity index (χ0v) is 14.2. The normalized spacial score (nSPS) is 23.8. The van der Waals surface area contributed by atoms with Gasteiger partial charge in [0.1, 0.15) is 12.4 Å². The van der Waals surface area contributed by atoms with E-state index in [0.29, 0.717) is 12.0 Å². The summed E-state index contributed by atoms with van der Waals surface area (Å²) in [4.78, 5) is 2.60. The SMILES string of the molecule is c1ccc(COc2cccc(CN3CCC4(CCNC4)C3)c2)cc1. The molecule has 24 heavy (non-hydrogen) atoms. The lowest BCUT2D eigenvalue weighted by Gasteiger charge is -2.23. The van der Waals surface area contributed by atoms with Gasteiger partial charge in [-0.25, -0.2) is 0 Å². The van der Waals surface area contributed by atoms with Crippen molar-refractivity contribution in [2.24, 2.45) is 5.41 Å². The number of ether oxygens (including phenoxy) is 1. The second kappa shape index (κ2) is 6.96. The lowest BCUT2D eigenvalue weighted by molar-refractivity contribution is 0.267. The van der Waals surface area contributed by atoms with Gasteiger partial charge in [-0.15, -0.1) is 0 Å². The maximum atomic E-state index is 5.96. The van der Waals surface area contributed by atoms with E-state index in [4.69, 9.17) is 4.74 Å². The van der Waals surface area contributed by atoms with Gasteiger partial charge in [0.05, 0.1) is 0 Å². The summed E-state index contributed by atoms with van der Waals surface area (Å²) in [7, 11) is 0. The van der Waals surface area contributed by atoms with Crippen molar-refractivity contribution < 1.29 is 4.74 Å². The van der Waals surface area contributed by atoms with E-state index in [9.17, 15) is 0 Å². The number of rotatable bonds is 5. The second-order valence-electron chi connectivity index (χ2n) is 7.31. The minimum Gasteiger partial charge on any atom is -0.489 e. The summed E-state index contributed by atoms with van der Waals surface area (Å²) < 4.78 is 5.96. The van der Waals surface area contributed by atoms with Crippen LogP contribution in [0.2, 0.25) is 0 Å². The van der Waals surface area contributed by atoms with Gasteiger partial charge in [0.2, 0.25) is 0 Å². The van der Waals surface area contributed by atoms with Crippen molar-refractivity contribution in [3.8, 4) is 5.75 Å². The molecule has 0 saturated carbocycles. The number of nitrogens with zero attached hydrogens (tertiary/aromatic N) is 1. The molecule has 2 aromatic carbocycles. The minimum atomic E-state index is 0.543. The van der Waals surface area contributed by atoms with E-state index in [1.165, 1.54) is 50.1 Å². The van der Waals surface area contributed by atoms with Gasteiger partial charge < -0.3 is 10.1 Å². The summed E-state index contributed by atoms with van der Waals surface area (Å²) in [5, 5.41) is 3.53. The van der Waals surface area contributed by atoms with E-state index in [2.05, 4.69) is 58.7 Å². The highest BCUT2D eigenvalue weighted by Crippen LogP contribution is 2.36. The fourth-order valence-electron chi connectivity index (χ4n) is 4.04. The zero-order chi connectivity index (χ0) is 16.2. The Hall–Kier alpha value is -1.84. The number of nitrogens with one attached hydrogen (secondary N) is 1. The molecule has 2 saturated heterocycles. The van der Waals surface area contributed by atoms with Crippen LogP contribution in [0.25, 0.3) is 0 Å². The minimum absolute atomic E-state index is 0.543. The summed E-state index contributed by atoms with van der Waals surface area (Å²) in [6.45, 7) is 6.50. The topological polar surface area (TPSA) is 24.5 Å². The largest absolute Gasteiger partial charge is 0.489 e. The first-order valence-corrected chi connectivity index (χ1v) is 9.00. The molecule has 0 radical (unpaired) electrons. The fourth-order valence-corrected chi connectivity index (χ4v) is 4.04. The highest BCUT2D eigenvalue weighted by molar-refractivity contribution is 5.29. The van der Waals surface area contributed by atoms with E-state index in [1.54, 1.807) is 0 Å². The molecule has 2 aliphatic heterocycles. The van der Waals surface area contributed by atoms with E-state index >= 15 is 0 Å². The van der Waals surface area contributed by atoms with Crippen molar-refractivity contribution in [2.45, 2.75) is 26.0 Å². The number of likely N-dealkylation sites (tertiary alicyclic amines) is 1. The predicted molar refractivity (Wildman–Crippen MR) is 97.0 cm³/mol. The van der Waals surface area contributed by atoms with Crippen LogP contribution in [-0.4, -0.2) is 31.1 Å². The Labute approximate surface area is 144 Å². The molecule has 1 atom stereocenters. The molecule has 1 spiro atoms. The van der Waals surface area contributed by atoms with Gasteiger partial charge in [0, 0.05) is 19.6 Å². The molecule has 2 fully saturated rings. The standard InChI is InChI=1S/C21H26N2O/c1-2-5-18(6-3-1)15-24-20-8-4-7-19(13-20)14-23-12-10-21(17-23)9-11-22-16-21/h1-8,13,22H,9-12,14-17H2. The molecule has 0 aliphatic carbocycles. The molecule has 3 heteroatoms. The molecule has 0 aromatic heterocycles. The van der Waals surface area contributed by atoms with Gasteiger partial charge in [0.25, 0.3) is 0 Å². The summed E-state index contributed by atoms with van der Waals surface area (Å²) in [6, 6.07) is 18.9. The fraction of sp³-hybridized carbons (Fsp3) is 0.429. The lowest BCUT2D eigenvalue weighted by atomic mass is 9.86. The van der Waals surface area contributed by atoms with E-state index in [-0.39, 0.29) is 0 Å². The maximum Gasteiger partial charge on any atom is 0.120 e. The van der Waals surface area contributed by atoms with Gasteiger partial charge in [-0.2, -0.15) is 0 Å². The van der Waals surface area contributed by atoms with Crippen LogP contribution in [0.3, 0.4) is 0 Å². The molecule has 126 valence electrons. The van der Waals surface area contributed by atoms with Crippen LogP contribution in [0, 0.1) is 5.41 Å². The first-order chi connectivity index (χ1) is 11.8. The van der Waals surface area contributed by atoms with Crippen LogP contribution in [-0.2, 0) is 13.2 Å². The Morgan fingerprint density at radius 2 is 1.88 bits per heavy atom. The van der Waals surface area contributed by atoms with Gasteiger partial charge >= 0.3 is 0 Å². The average Bonchev–Trinajstić information content (AvgIpc) is 3.24. The summed E-state index contributed by atoms with van der Waals surface area (Å²) in [6.07, 6.45) is 2.67. The summed E-state index contributed by atoms with van der Waals surface area (Å²) in [5.41, 5.74) is 3.10. The van der Waals surface area contributed by atoms with Crippen molar-refractivity contribution in [2.75, 3.05) is 26.2 Å². The lowest BCUT2D eigenvalue weighted by Crippen LogP contribution is -2.28. The van der Waals surface area contributed by atoms with Crippen LogP contribution < -0.4 is 10.1 Å². The molecule has 2 aromatic rings. The van der Waals surface area contributed by atoms with Crippen molar-refractivity contribution in [3.05, 3.63) is 65.7 Å². The molecule has 1 N–H and O–H groups in total. The van der Waals surface area contributed by atoms with E-state index < -0.39 is 0 Å². The van der Waals surface area contributed by atoms with Crippen molar-refractivity contribution >= 4 is 0 Å². The molecule has 2 heterocycles. The van der Waals surface area contributed by atoms with Crippen LogP contribution in [0.15, 0.2) is 54.6 Å². The molecule has 4 rings (SSSR count). The van der Waals surface area contributed by atoms with Crippen LogP contribution in [0.5, 0.6) is 5.75 Å². The third-order valence-electron chi connectivity index (χ3n) is 5.40. The monoisotopic (exact) mass is 322 g/mol. The third-order valence-corrected chi connectivity index (χ3v) is 5.40. The van der Waals surface area contributed by atoms with E-state index in [1.807, 2.05) is 6.07 Å². The van der Waals surface area contributed by atoms with Gasteiger partial charge in [-0.05, 0) is 54.6 Å². The van der Waals surface area contributed by atoms with Crippen molar-refractivity contribution in [1.82, 2.24) is 10.2 Å². The first kappa shape index (κ1) is 15.7. The van der Waals surface area contributed by atoms with Crippen LogP contribution >= 0.6 is 0 Å². The Morgan fingerprint density at radius 3 is 2.71 bits per heavy atom. The molecule has 0 amide bonds. The molecule has 3 nitrogen and oxygen atoms in total. The summed E-state index contributed by atoms with van der Waals surface area (Å²) in [5.74, 6) is 0.966. The number of hydrogen-bond donors (Lipinski definition) is 1. The Kier molecular flexibility index (Phi) is 4.54. The van der Waals surface area contributed by atoms with Crippen LogP contribution in [0.1, 0.15) is 24.0 Å². The maximum absolute atomic E-state index is 5.96.